The third-order valence-corrected chi connectivity index (χ3v) is 6.46. The minimum absolute atomic E-state index is 0.314. The van der Waals surface area contributed by atoms with Crippen molar-refractivity contribution in [2.75, 3.05) is 33.4 Å². The topological polar surface area (TPSA) is 63.7 Å². The second-order valence-corrected chi connectivity index (χ2v) is 10.2. The van der Waals surface area contributed by atoms with Crippen molar-refractivity contribution in [1.82, 2.24) is 15.2 Å². The van der Waals surface area contributed by atoms with Crippen LogP contribution in [0.4, 0.5) is 4.79 Å². The first kappa shape index (κ1) is 33.9. The fourth-order valence-corrected chi connectivity index (χ4v) is 4.67. The number of pyridine rings is 1. The van der Waals surface area contributed by atoms with Crippen LogP contribution in [0.3, 0.4) is 0 Å². The molecule has 1 N–H and O–H groups in total. The molecule has 1 unspecified atom stereocenters. The summed E-state index contributed by atoms with van der Waals surface area (Å²) in [5, 5.41) is 3.44. The number of hydrogen-bond donors (Lipinski definition) is 1. The maximum Gasteiger partial charge on any atom is 0.410 e. The maximum absolute atomic E-state index is 12.5. The normalized spacial score (nSPS) is 12.1. The summed E-state index contributed by atoms with van der Waals surface area (Å²) in [6.07, 6.45) is 5.92. The van der Waals surface area contributed by atoms with Crippen molar-refractivity contribution >= 4 is 33.2 Å². The van der Waals surface area contributed by atoms with Crippen molar-refractivity contribution < 1.29 is 14.3 Å². The Kier molecular flexibility index (Phi) is 17.1. The van der Waals surface area contributed by atoms with E-state index in [4.69, 9.17) is 9.47 Å². The van der Waals surface area contributed by atoms with E-state index in [1.165, 1.54) is 20.7 Å². The highest BCUT2D eigenvalue weighted by Crippen LogP contribution is 2.35. The molecule has 2 heterocycles. The van der Waals surface area contributed by atoms with Crippen LogP contribution in [0.2, 0.25) is 0 Å². The van der Waals surface area contributed by atoms with Crippen LogP contribution in [-0.4, -0.2) is 54.9 Å². The third-order valence-electron chi connectivity index (χ3n) is 5.15. The number of nitrogens with zero attached hydrogens (tertiary/aromatic N) is 2. The highest BCUT2D eigenvalue weighted by molar-refractivity contribution is 7.20. The monoisotopic (exact) mass is 521 g/mol. The van der Waals surface area contributed by atoms with E-state index in [1.807, 2.05) is 54.7 Å². The molecule has 36 heavy (non-hydrogen) atoms. The largest absolute Gasteiger partial charge is 0.444 e. The molecule has 0 aromatic carbocycles. The number of methoxy groups -OCH3 is 1. The summed E-state index contributed by atoms with van der Waals surface area (Å²) in [7, 11) is 1.64. The van der Waals surface area contributed by atoms with E-state index < -0.39 is 5.60 Å². The number of rotatable bonds is 11. The summed E-state index contributed by atoms with van der Waals surface area (Å²) < 4.78 is 12.0. The van der Waals surface area contributed by atoms with Crippen molar-refractivity contribution in [3.05, 3.63) is 35.0 Å². The van der Waals surface area contributed by atoms with Gasteiger partial charge in [-0.2, -0.15) is 0 Å². The van der Waals surface area contributed by atoms with Crippen LogP contribution < -0.4 is 5.32 Å². The molecule has 6 nitrogen and oxygen atoms in total. The number of carbonyl (C=O) groups is 1. The van der Waals surface area contributed by atoms with Crippen molar-refractivity contribution in [1.29, 1.82) is 0 Å². The Bertz CT molecular complexity index is 903. The lowest BCUT2D eigenvalue weighted by Crippen LogP contribution is -2.41. The summed E-state index contributed by atoms with van der Waals surface area (Å²) in [6, 6.07) is 4.25. The number of hydrogen-bond acceptors (Lipinski definition) is 6. The van der Waals surface area contributed by atoms with Gasteiger partial charge in [0.05, 0.1) is 16.8 Å². The zero-order valence-electron chi connectivity index (χ0n) is 24.7. The molecule has 206 valence electrons. The first-order valence-corrected chi connectivity index (χ1v) is 14.2. The van der Waals surface area contributed by atoms with Crippen molar-refractivity contribution in [2.24, 2.45) is 5.92 Å². The summed E-state index contributed by atoms with van der Waals surface area (Å²) in [5.74, 6) is 0.427. The van der Waals surface area contributed by atoms with Crippen LogP contribution in [0.25, 0.3) is 15.8 Å². The molecule has 0 aliphatic heterocycles. The van der Waals surface area contributed by atoms with E-state index in [2.05, 4.69) is 49.4 Å². The molecular formula is C29H51N3O3S. The summed E-state index contributed by atoms with van der Waals surface area (Å²) in [4.78, 5) is 20.0. The number of amides is 1. The molecule has 0 bridgehead atoms. The number of nitrogens with one attached hydrogen (secondary N) is 1. The van der Waals surface area contributed by atoms with Gasteiger partial charge in [-0.05, 0) is 63.3 Å². The molecule has 0 saturated heterocycles. The fraction of sp³-hybridized carbons (Fsp3) is 0.655. The Labute approximate surface area is 224 Å². The fourth-order valence-electron chi connectivity index (χ4n) is 3.46. The molecule has 0 aliphatic rings. The van der Waals surface area contributed by atoms with E-state index in [0.29, 0.717) is 32.2 Å². The van der Waals surface area contributed by atoms with Gasteiger partial charge in [-0.1, -0.05) is 48.0 Å². The summed E-state index contributed by atoms with van der Waals surface area (Å²) in [6.45, 7) is 22.4. The Balaban J connectivity index is 0.00000291. The lowest BCUT2D eigenvalue weighted by Gasteiger charge is -2.27. The first-order chi connectivity index (χ1) is 17.2. The summed E-state index contributed by atoms with van der Waals surface area (Å²) >= 11 is 1.80. The quantitative estimate of drug-likeness (QED) is 0.304. The smallest absolute Gasteiger partial charge is 0.410 e. The average Bonchev–Trinajstić information content (AvgIpc) is 3.27. The van der Waals surface area contributed by atoms with Crippen LogP contribution in [-0.2, 0) is 9.47 Å². The van der Waals surface area contributed by atoms with E-state index in [9.17, 15) is 4.79 Å². The molecule has 0 spiro atoms. The zero-order valence-corrected chi connectivity index (χ0v) is 25.5. The Hall–Kier alpha value is -2.12. The van der Waals surface area contributed by atoms with Gasteiger partial charge < -0.3 is 19.7 Å². The molecule has 2 aromatic heterocycles. The van der Waals surface area contributed by atoms with Crippen LogP contribution in [0.1, 0.15) is 85.6 Å². The molecule has 2 aromatic rings. The average molecular weight is 522 g/mol. The molecule has 2 rings (SSSR count). The third kappa shape index (κ3) is 11.7. The maximum atomic E-state index is 12.5. The minimum Gasteiger partial charge on any atom is -0.444 e. The second-order valence-electron chi connectivity index (χ2n) is 9.16. The van der Waals surface area contributed by atoms with Gasteiger partial charge in [0.25, 0.3) is 0 Å². The van der Waals surface area contributed by atoms with Gasteiger partial charge in [0.15, 0.2) is 0 Å². The minimum atomic E-state index is -0.522. The predicted molar refractivity (Wildman–Crippen MR) is 157 cm³/mol. The lowest BCUT2D eigenvalue weighted by atomic mass is 9.96. The molecule has 1 atom stereocenters. The van der Waals surface area contributed by atoms with Gasteiger partial charge >= 0.3 is 6.09 Å². The molecule has 0 saturated carbocycles. The molecular weight excluding hydrogens is 470 g/mol. The summed E-state index contributed by atoms with van der Waals surface area (Å²) in [5.41, 5.74) is 3.07. The predicted octanol–water partition coefficient (Wildman–Crippen LogP) is 7.91. The molecule has 0 fully saturated rings. The molecule has 7 heteroatoms. The lowest BCUT2D eigenvalue weighted by molar-refractivity contribution is 0.0205. The standard InChI is InChI=1S/C25H39N3O3S.2C2H6/c1-8-9-18(2)20(22-16-21-23(32-22)19(3)10-11-27-21)17-26-12-13-28(14-15-30-7)24(29)31-25(4,5)6;2*1-2/h10-11,16-18,26H,8-9,12-15H2,1-7H3;2*1-2H3/b20-17+;;. The van der Waals surface area contributed by atoms with Crippen molar-refractivity contribution in [2.45, 2.75) is 87.7 Å². The Morgan fingerprint density at radius 2 is 1.89 bits per heavy atom. The van der Waals surface area contributed by atoms with Gasteiger partial charge in [-0.3, -0.25) is 4.98 Å². The second kappa shape index (κ2) is 18.2. The highest BCUT2D eigenvalue weighted by Gasteiger charge is 2.21. The number of thiophene rings is 1. The number of carbonyl (C=O) groups excluding carboxylic acids is 1. The van der Waals surface area contributed by atoms with Gasteiger partial charge in [0.1, 0.15) is 5.60 Å². The number of aryl methyl sites for hydroxylation is 1. The van der Waals surface area contributed by atoms with E-state index in [1.54, 1.807) is 23.3 Å². The Morgan fingerprint density at radius 1 is 1.22 bits per heavy atom. The number of allylic oxidation sites excluding steroid dienone is 1. The van der Waals surface area contributed by atoms with Gasteiger partial charge in [-0.15, -0.1) is 11.3 Å². The molecule has 0 aliphatic carbocycles. The van der Waals surface area contributed by atoms with Crippen molar-refractivity contribution in [3.8, 4) is 0 Å². The first-order valence-electron chi connectivity index (χ1n) is 13.4. The molecule has 0 radical (unpaired) electrons. The zero-order chi connectivity index (χ0) is 27.7. The Morgan fingerprint density at radius 3 is 2.44 bits per heavy atom. The highest BCUT2D eigenvalue weighted by atomic mass is 32.1. The van der Waals surface area contributed by atoms with E-state index in [0.717, 1.165) is 18.4 Å². The number of aromatic nitrogens is 1. The van der Waals surface area contributed by atoms with Crippen molar-refractivity contribution in [3.63, 3.8) is 0 Å². The number of ether oxygens (including phenoxy) is 2. The van der Waals surface area contributed by atoms with Gasteiger partial charge in [0, 0.05) is 44.0 Å². The van der Waals surface area contributed by atoms with Crippen LogP contribution in [0.15, 0.2) is 24.5 Å². The van der Waals surface area contributed by atoms with Crippen LogP contribution >= 0.6 is 11.3 Å². The SMILES string of the molecule is CC.CC.CCCC(C)/C(=C\NCCN(CCOC)C(=O)OC(C)(C)C)c1cc2nccc(C)c2s1. The van der Waals surface area contributed by atoms with E-state index in [-0.39, 0.29) is 6.09 Å². The van der Waals surface area contributed by atoms with Gasteiger partial charge in [0.2, 0.25) is 0 Å². The van der Waals surface area contributed by atoms with E-state index >= 15 is 0 Å². The van der Waals surface area contributed by atoms with Crippen LogP contribution in [0, 0.1) is 12.8 Å². The van der Waals surface area contributed by atoms with Gasteiger partial charge in [-0.25, -0.2) is 4.79 Å². The number of fused-ring (bicyclic) bond motifs is 1. The van der Waals surface area contributed by atoms with Crippen LogP contribution in [0.5, 0.6) is 0 Å². The molecule has 1 amide bonds.